The van der Waals surface area contributed by atoms with Gasteiger partial charge in [-0.05, 0) is 12.8 Å². The Labute approximate surface area is 74.4 Å². The second kappa shape index (κ2) is 3.93. The third kappa shape index (κ3) is 1.80. The summed E-state index contributed by atoms with van der Waals surface area (Å²) in [7, 11) is 0. The molecular formula is C10H17NO. The SMILES string of the molecule is C#CCNC1CCCC1(C)CO. The van der Waals surface area contributed by atoms with E-state index in [1.54, 1.807) is 0 Å². The van der Waals surface area contributed by atoms with E-state index in [2.05, 4.69) is 18.2 Å². The number of terminal acetylenes is 1. The summed E-state index contributed by atoms with van der Waals surface area (Å²) < 4.78 is 0. The fourth-order valence-corrected chi connectivity index (χ4v) is 1.95. The van der Waals surface area contributed by atoms with Gasteiger partial charge in [0.2, 0.25) is 0 Å². The van der Waals surface area contributed by atoms with Crippen LogP contribution in [0, 0.1) is 17.8 Å². The van der Waals surface area contributed by atoms with Gasteiger partial charge in [0.15, 0.2) is 0 Å². The lowest BCUT2D eigenvalue weighted by Crippen LogP contribution is -2.41. The highest BCUT2D eigenvalue weighted by Gasteiger charge is 2.37. The standard InChI is InChI=1S/C10H17NO/c1-3-7-11-9-5-4-6-10(9,2)8-12/h1,9,11-12H,4-8H2,2H3. The van der Waals surface area contributed by atoms with Crippen molar-refractivity contribution in [3.05, 3.63) is 0 Å². The van der Waals surface area contributed by atoms with E-state index in [4.69, 9.17) is 6.42 Å². The van der Waals surface area contributed by atoms with E-state index in [1.165, 1.54) is 6.42 Å². The molecule has 12 heavy (non-hydrogen) atoms. The number of nitrogens with one attached hydrogen (secondary N) is 1. The van der Waals surface area contributed by atoms with Gasteiger partial charge in [-0.2, -0.15) is 0 Å². The third-order valence-electron chi connectivity index (χ3n) is 2.89. The maximum Gasteiger partial charge on any atom is 0.0576 e. The van der Waals surface area contributed by atoms with E-state index in [9.17, 15) is 5.11 Å². The van der Waals surface area contributed by atoms with Crippen molar-refractivity contribution in [1.82, 2.24) is 5.32 Å². The van der Waals surface area contributed by atoms with Crippen molar-refractivity contribution in [2.45, 2.75) is 32.2 Å². The predicted octanol–water partition coefficient (Wildman–Crippen LogP) is 0.760. The maximum atomic E-state index is 9.20. The summed E-state index contributed by atoms with van der Waals surface area (Å²) in [5.74, 6) is 2.56. The molecule has 1 aliphatic rings. The molecule has 0 aromatic heterocycles. The van der Waals surface area contributed by atoms with Crippen molar-refractivity contribution in [1.29, 1.82) is 0 Å². The minimum absolute atomic E-state index is 0.0524. The Hall–Kier alpha value is -0.520. The van der Waals surface area contributed by atoms with Crippen LogP contribution in [-0.4, -0.2) is 24.3 Å². The fourth-order valence-electron chi connectivity index (χ4n) is 1.95. The van der Waals surface area contributed by atoms with E-state index >= 15 is 0 Å². The Kier molecular flexibility index (Phi) is 3.13. The van der Waals surface area contributed by atoms with Gasteiger partial charge in [-0.15, -0.1) is 6.42 Å². The minimum atomic E-state index is 0.0524. The van der Waals surface area contributed by atoms with Gasteiger partial charge in [0.1, 0.15) is 0 Å². The summed E-state index contributed by atoms with van der Waals surface area (Å²) in [6.45, 7) is 2.99. The highest BCUT2D eigenvalue weighted by Crippen LogP contribution is 2.37. The molecule has 0 heterocycles. The highest BCUT2D eigenvalue weighted by atomic mass is 16.3. The molecule has 2 heteroatoms. The lowest BCUT2D eigenvalue weighted by Gasteiger charge is -2.29. The molecule has 2 atom stereocenters. The third-order valence-corrected chi connectivity index (χ3v) is 2.89. The average molecular weight is 167 g/mol. The molecule has 0 bridgehead atoms. The van der Waals surface area contributed by atoms with Crippen LogP contribution < -0.4 is 5.32 Å². The van der Waals surface area contributed by atoms with Gasteiger partial charge in [-0.25, -0.2) is 0 Å². The monoisotopic (exact) mass is 167 g/mol. The van der Waals surface area contributed by atoms with Crippen LogP contribution in [-0.2, 0) is 0 Å². The Morgan fingerprint density at radius 1 is 1.75 bits per heavy atom. The number of aliphatic hydroxyl groups is 1. The summed E-state index contributed by atoms with van der Waals surface area (Å²) in [4.78, 5) is 0. The van der Waals surface area contributed by atoms with Crippen molar-refractivity contribution < 1.29 is 5.11 Å². The zero-order valence-corrected chi connectivity index (χ0v) is 7.64. The second-order valence-corrected chi connectivity index (χ2v) is 3.84. The molecule has 1 fully saturated rings. The Morgan fingerprint density at radius 3 is 3.08 bits per heavy atom. The largest absolute Gasteiger partial charge is 0.396 e. The maximum absolute atomic E-state index is 9.20. The number of aliphatic hydroxyl groups excluding tert-OH is 1. The van der Waals surface area contributed by atoms with Crippen LogP contribution in [0.4, 0.5) is 0 Å². The first-order valence-electron chi connectivity index (χ1n) is 4.50. The van der Waals surface area contributed by atoms with Crippen LogP contribution >= 0.6 is 0 Å². The van der Waals surface area contributed by atoms with Crippen molar-refractivity contribution >= 4 is 0 Å². The van der Waals surface area contributed by atoms with E-state index in [0.29, 0.717) is 12.6 Å². The molecule has 0 aliphatic heterocycles. The van der Waals surface area contributed by atoms with E-state index < -0.39 is 0 Å². The molecule has 1 rings (SSSR count). The minimum Gasteiger partial charge on any atom is -0.396 e. The van der Waals surface area contributed by atoms with Gasteiger partial charge in [0, 0.05) is 18.1 Å². The zero-order valence-electron chi connectivity index (χ0n) is 7.64. The molecule has 1 saturated carbocycles. The molecule has 68 valence electrons. The lowest BCUT2D eigenvalue weighted by molar-refractivity contribution is 0.120. The van der Waals surface area contributed by atoms with Crippen molar-refractivity contribution in [3.8, 4) is 12.3 Å². The predicted molar refractivity (Wildman–Crippen MR) is 49.7 cm³/mol. The molecule has 1 aliphatic carbocycles. The molecular weight excluding hydrogens is 150 g/mol. The Balaban J connectivity index is 2.47. The average Bonchev–Trinajstić information content (AvgIpc) is 2.45. The molecule has 2 N–H and O–H groups in total. The smallest absolute Gasteiger partial charge is 0.0576 e. The first-order valence-corrected chi connectivity index (χ1v) is 4.50. The van der Waals surface area contributed by atoms with Crippen molar-refractivity contribution in [2.24, 2.45) is 5.41 Å². The van der Waals surface area contributed by atoms with Crippen LogP contribution in [0.1, 0.15) is 26.2 Å². The summed E-state index contributed by atoms with van der Waals surface area (Å²) in [5, 5.41) is 12.5. The van der Waals surface area contributed by atoms with Crippen molar-refractivity contribution in [2.75, 3.05) is 13.2 Å². The van der Waals surface area contributed by atoms with Crippen LogP contribution in [0.5, 0.6) is 0 Å². The van der Waals surface area contributed by atoms with Crippen LogP contribution in [0.25, 0.3) is 0 Å². The summed E-state index contributed by atoms with van der Waals surface area (Å²) >= 11 is 0. The van der Waals surface area contributed by atoms with Gasteiger partial charge in [-0.1, -0.05) is 19.3 Å². The summed E-state index contributed by atoms with van der Waals surface area (Å²) in [6.07, 6.45) is 8.60. The van der Waals surface area contributed by atoms with Gasteiger partial charge < -0.3 is 10.4 Å². The molecule has 0 spiro atoms. The molecule has 0 amide bonds. The number of rotatable bonds is 3. The molecule has 2 unspecified atom stereocenters. The van der Waals surface area contributed by atoms with Gasteiger partial charge >= 0.3 is 0 Å². The quantitative estimate of drug-likeness (QED) is 0.608. The van der Waals surface area contributed by atoms with E-state index in [1.807, 2.05) is 0 Å². The van der Waals surface area contributed by atoms with Crippen LogP contribution in [0.3, 0.4) is 0 Å². The van der Waals surface area contributed by atoms with Crippen LogP contribution in [0.15, 0.2) is 0 Å². The Morgan fingerprint density at radius 2 is 2.50 bits per heavy atom. The number of hydrogen-bond donors (Lipinski definition) is 2. The lowest BCUT2D eigenvalue weighted by atomic mass is 9.86. The second-order valence-electron chi connectivity index (χ2n) is 3.84. The van der Waals surface area contributed by atoms with Gasteiger partial charge in [0.05, 0.1) is 6.54 Å². The van der Waals surface area contributed by atoms with Gasteiger partial charge in [-0.3, -0.25) is 0 Å². The normalized spacial score (nSPS) is 34.9. The molecule has 0 radical (unpaired) electrons. The molecule has 0 aromatic rings. The number of hydrogen-bond acceptors (Lipinski definition) is 2. The van der Waals surface area contributed by atoms with E-state index in [0.717, 1.165) is 12.8 Å². The fraction of sp³-hybridized carbons (Fsp3) is 0.800. The van der Waals surface area contributed by atoms with Crippen molar-refractivity contribution in [3.63, 3.8) is 0 Å². The highest BCUT2D eigenvalue weighted by molar-refractivity contribution is 4.96. The molecule has 2 nitrogen and oxygen atoms in total. The molecule has 0 aromatic carbocycles. The van der Waals surface area contributed by atoms with E-state index in [-0.39, 0.29) is 12.0 Å². The topological polar surface area (TPSA) is 32.3 Å². The molecule has 0 saturated heterocycles. The first kappa shape index (κ1) is 9.57. The summed E-state index contributed by atoms with van der Waals surface area (Å²) in [6, 6.07) is 0.401. The van der Waals surface area contributed by atoms with Crippen LogP contribution in [0.2, 0.25) is 0 Å². The summed E-state index contributed by atoms with van der Waals surface area (Å²) in [5.41, 5.74) is 0.0524. The Bertz CT molecular complexity index is 185. The van der Waals surface area contributed by atoms with Gasteiger partial charge in [0.25, 0.3) is 0 Å². The first-order chi connectivity index (χ1) is 5.73. The zero-order chi connectivity index (χ0) is 9.03.